The van der Waals surface area contributed by atoms with E-state index in [2.05, 4.69) is 5.10 Å². The molecule has 0 aliphatic carbocycles. The Balaban J connectivity index is 1.85. The van der Waals surface area contributed by atoms with E-state index in [4.69, 9.17) is 5.73 Å². The topological polar surface area (TPSA) is 84.4 Å². The van der Waals surface area contributed by atoms with Crippen molar-refractivity contribution in [2.45, 2.75) is 26.0 Å². The number of carbonyl (C=O) groups is 1. The summed E-state index contributed by atoms with van der Waals surface area (Å²) in [6, 6.07) is 11.2. The quantitative estimate of drug-likeness (QED) is 0.843. The lowest BCUT2D eigenvalue weighted by Gasteiger charge is -2.19. The van der Waals surface area contributed by atoms with E-state index in [0.717, 1.165) is 11.3 Å². The monoisotopic (exact) mass is 302 g/mol. The fourth-order valence-corrected chi connectivity index (χ4v) is 2.22. The number of hydrogen-bond donors (Lipinski definition) is 2. The maximum Gasteiger partial charge on any atom is 0.244 e. The summed E-state index contributed by atoms with van der Waals surface area (Å²) in [4.78, 5) is 13.7. The molecule has 1 atom stereocenters. The smallest absolute Gasteiger partial charge is 0.244 e. The molecule has 1 amide bonds. The summed E-state index contributed by atoms with van der Waals surface area (Å²) in [6.07, 6.45) is -0.0895. The van der Waals surface area contributed by atoms with Crippen LogP contribution in [0, 0.1) is 6.92 Å². The number of anilines is 1. The van der Waals surface area contributed by atoms with Crippen molar-refractivity contribution in [2.24, 2.45) is 0 Å². The van der Waals surface area contributed by atoms with Crippen LogP contribution in [-0.2, 0) is 11.3 Å². The zero-order valence-electron chi connectivity index (χ0n) is 12.9. The Labute approximate surface area is 130 Å². The lowest BCUT2D eigenvalue weighted by atomic mass is 10.1. The third kappa shape index (κ3) is 4.08. The van der Waals surface area contributed by atoms with Gasteiger partial charge < -0.3 is 15.7 Å². The van der Waals surface area contributed by atoms with Gasteiger partial charge in [0.1, 0.15) is 12.4 Å². The highest BCUT2D eigenvalue weighted by molar-refractivity contribution is 5.76. The van der Waals surface area contributed by atoms with Crippen LogP contribution in [0.4, 0.5) is 5.82 Å². The normalized spacial score (nSPS) is 12.1. The van der Waals surface area contributed by atoms with Crippen molar-refractivity contribution in [2.75, 3.05) is 19.3 Å². The lowest BCUT2D eigenvalue weighted by molar-refractivity contribution is -0.131. The molecule has 3 N–H and O–H groups in total. The number of aromatic nitrogens is 2. The predicted molar refractivity (Wildman–Crippen MR) is 85.0 cm³/mol. The average Bonchev–Trinajstić information content (AvgIpc) is 2.82. The van der Waals surface area contributed by atoms with Crippen molar-refractivity contribution in [3.05, 3.63) is 47.7 Å². The Morgan fingerprint density at radius 2 is 2.09 bits per heavy atom. The molecule has 118 valence electrons. The van der Waals surface area contributed by atoms with Crippen molar-refractivity contribution >= 4 is 11.7 Å². The van der Waals surface area contributed by atoms with Gasteiger partial charge in [0.2, 0.25) is 5.91 Å². The minimum Gasteiger partial charge on any atom is -0.388 e. The Bertz CT molecular complexity index is 624. The van der Waals surface area contributed by atoms with E-state index in [0.29, 0.717) is 18.8 Å². The van der Waals surface area contributed by atoms with Gasteiger partial charge in [0.25, 0.3) is 0 Å². The number of nitrogens with two attached hydrogens (primary N) is 1. The minimum absolute atomic E-state index is 0.0879. The highest BCUT2D eigenvalue weighted by Crippen LogP contribution is 2.16. The number of benzene rings is 1. The van der Waals surface area contributed by atoms with Gasteiger partial charge in [0.05, 0.1) is 11.8 Å². The number of carbonyl (C=O) groups excluding carboxylic acids is 1. The number of aliphatic hydroxyl groups is 1. The lowest BCUT2D eigenvalue weighted by Crippen LogP contribution is -2.32. The van der Waals surface area contributed by atoms with Crippen molar-refractivity contribution in [1.29, 1.82) is 0 Å². The standard InChI is InChI=1S/C16H22N4O2/c1-12-10-15(17)20(18-12)11-16(22)19(2)9-8-14(21)13-6-4-3-5-7-13/h3-7,10,14,21H,8-9,11,17H2,1-2H3. The molecule has 0 bridgehead atoms. The predicted octanol–water partition coefficient (Wildman–Crippen LogP) is 1.36. The molecule has 2 rings (SSSR count). The van der Waals surface area contributed by atoms with Gasteiger partial charge in [-0.2, -0.15) is 5.10 Å². The molecule has 2 aromatic rings. The molecule has 0 aliphatic rings. The van der Waals surface area contributed by atoms with Gasteiger partial charge in [0, 0.05) is 19.7 Å². The fraction of sp³-hybridized carbons (Fsp3) is 0.375. The van der Waals surface area contributed by atoms with Crippen LogP contribution >= 0.6 is 0 Å². The van der Waals surface area contributed by atoms with Gasteiger partial charge in [-0.25, -0.2) is 4.68 Å². The summed E-state index contributed by atoms with van der Waals surface area (Å²) in [5, 5.41) is 14.3. The molecule has 0 radical (unpaired) electrons. The number of aliphatic hydroxyl groups excluding tert-OH is 1. The third-order valence-electron chi connectivity index (χ3n) is 3.57. The largest absolute Gasteiger partial charge is 0.388 e. The van der Waals surface area contributed by atoms with Crippen LogP contribution in [0.5, 0.6) is 0 Å². The molecule has 0 spiro atoms. The van der Waals surface area contributed by atoms with Gasteiger partial charge in [-0.1, -0.05) is 30.3 Å². The molecular weight excluding hydrogens is 280 g/mol. The molecule has 0 saturated carbocycles. The number of amides is 1. The number of aryl methyl sites for hydroxylation is 1. The Morgan fingerprint density at radius 1 is 1.41 bits per heavy atom. The highest BCUT2D eigenvalue weighted by atomic mass is 16.3. The Kier molecular flexibility index (Phi) is 5.16. The van der Waals surface area contributed by atoms with Crippen molar-refractivity contribution in [3.63, 3.8) is 0 Å². The number of hydrogen-bond acceptors (Lipinski definition) is 4. The summed E-state index contributed by atoms with van der Waals surface area (Å²) in [5.74, 6) is 0.388. The van der Waals surface area contributed by atoms with E-state index in [9.17, 15) is 9.90 Å². The van der Waals surface area contributed by atoms with E-state index < -0.39 is 6.10 Å². The van der Waals surface area contributed by atoms with Gasteiger partial charge in [0.15, 0.2) is 0 Å². The second kappa shape index (κ2) is 7.09. The fourth-order valence-electron chi connectivity index (χ4n) is 2.22. The molecule has 6 nitrogen and oxygen atoms in total. The maximum absolute atomic E-state index is 12.2. The molecular formula is C16H22N4O2. The Hall–Kier alpha value is -2.34. The average molecular weight is 302 g/mol. The zero-order valence-corrected chi connectivity index (χ0v) is 12.9. The SMILES string of the molecule is Cc1cc(N)n(CC(=O)N(C)CCC(O)c2ccccc2)n1. The van der Waals surface area contributed by atoms with Crippen LogP contribution in [-0.4, -0.2) is 39.3 Å². The first kappa shape index (κ1) is 16.0. The summed E-state index contributed by atoms with van der Waals surface area (Å²) in [7, 11) is 1.71. The van der Waals surface area contributed by atoms with Crippen LogP contribution < -0.4 is 5.73 Å². The van der Waals surface area contributed by atoms with Crippen LogP contribution in [0.2, 0.25) is 0 Å². The van der Waals surface area contributed by atoms with E-state index in [1.54, 1.807) is 18.0 Å². The number of nitrogens with zero attached hydrogens (tertiary/aromatic N) is 3. The second-order valence-electron chi connectivity index (χ2n) is 5.40. The van der Waals surface area contributed by atoms with Gasteiger partial charge in [-0.15, -0.1) is 0 Å². The molecule has 1 aromatic heterocycles. The molecule has 0 saturated heterocycles. The van der Waals surface area contributed by atoms with E-state index >= 15 is 0 Å². The second-order valence-corrected chi connectivity index (χ2v) is 5.40. The summed E-state index contributed by atoms with van der Waals surface area (Å²) in [6.45, 7) is 2.41. The molecule has 0 fully saturated rings. The summed E-state index contributed by atoms with van der Waals surface area (Å²) < 4.78 is 1.49. The summed E-state index contributed by atoms with van der Waals surface area (Å²) in [5.41, 5.74) is 7.42. The van der Waals surface area contributed by atoms with Crippen molar-refractivity contribution in [1.82, 2.24) is 14.7 Å². The molecule has 22 heavy (non-hydrogen) atoms. The maximum atomic E-state index is 12.2. The summed E-state index contributed by atoms with van der Waals surface area (Å²) >= 11 is 0. The van der Waals surface area contributed by atoms with Gasteiger partial charge in [-0.05, 0) is 18.9 Å². The molecule has 1 aromatic carbocycles. The van der Waals surface area contributed by atoms with Crippen molar-refractivity contribution < 1.29 is 9.90 Å². The number of rotatable bonds is 6. The van der Waals surface area contributed by atoms with E-state index in [1.165, 1.54) is 4.68 Å². The number of nitrogen functional groups attached to an aromatic ring is 1. The first-order chi connectivity index (χ1) is 10.5. The molecule has 6 heteroatoms. The zero-order chi connectivity index (χ0) is 16.1. The van der Waals surface area contributed by atoms with E-state index in [1.807, 2.05) is 37.3 Å². The first-order valence-corrected chi connectivity index (χ1v) is 7.24. The molecule has 0 aliphatic heterocycles. The van der Waals surface area contributed by atoms with Crippen LogP contribution in [0.3, 0.4) is 0 Å². The van der Waals surface area contributed by atoms with Crippen LogP contribution in [0.1, 0.15) is 23.8 Å². The first-order valence-electron chi connectivity index (χ1n) is 7.24. The van der Waals surface area contributed by atoms with Crippen LogP contribution in [0.25, 0.3) is 0 Å². The van der Waals surface area contributed by atoms with Crippen LogP contribution in [0.15, 0.2) is 36.4 Å². The van der Waals surface area contributed by atoms with Gasteiger partial charge >= 0.3 is 0 Å². The molecule has 1 unspecified atom stereocenters. The third-order valence-corrected chi connectivity index (χ3v) is 3.57. The highest BCUT2D eigenvalue weighted by Gasteiger charge is 2.14. The van der Waals surface area contributed by atoms with E-state index in [-0.39, 0.29) is 12.5 Å². The minimum atomic E-state index is -0.575. The molecule has 1 heterocycles. The van der Waals surface area contributed by atoms with Crippen molar-refractivity contribution in [3.8, 4) is 0 Å². The Morgan fingerprint density at radius 3 is 2.68 bits per heavy atom. The van der Waals surface area contributed by atoms with Gasteiger partial charge in [-0.3, -0.25) is 4.79 Å². The number of likely N-dealkylation sites (N-methyl/N-ethyl adjacent to an activating group) is 1.